The molecule has 2 bridgehead atoms. The van der Waals surface area contributed by atoms with Gasteiger partial charge in [0.2, 0.25) is 0 Å². The van der Waals surface area contributed by atoms with E-state index in [0.717, 1.165) is 12.5 Å². The summed E-state index contributed by atoms with van der Waals surface area (Å²) in [5.74, 6) is 0.872. The topological polar surface area (TPSA) is 67.5 Å². The van der Waals surface area contributed by atoms with E-state index in [1.807, 2.05) is 6.21 Å². The van der Waals surface area contributed by atoms with Gasteiger partial charge in [-0.25, -0.2) is 0 Å². The van der Waals surface area contributed by atoms with Gasteiger partial charge in [-0.3, -0.25) is 9.79 Å². The van der Waals surface area contributed by atoms with Crippen LogP contribution < -0.4 is 11.1 Å². The van der Waals surface area contributed by atoms with Crippen LogP contribution in [0.3, 0.4) is 0 Å². The Morgan fingerprint density at radius 3 is 2.81 bits per heavy atom. The average molecular weight is 221 g/mol. The highest BCUT2D eigenvalue weighted by molar-refractivity contribution is 5.93. The number of carbonyl (C=O) groups is 1. The van der Waals surface area contributed by atoms with Gasteiger partial charge in [0.05, 0.1) is 0 Å². The zero-order chi connectivity index (χ0) is 11.4. The van der Waals surface area contributed by atoms with Crippen LogP contribution in [0.5, 0.6) is 0 Å². The van der Waals surface area contributed by atoms with Crippen molar-refractivity contribution in [3.05, 3.63) is 11.8 Å². The van der Waals surface area contributed by atoms with Gasteiger partial charge in [-0.2, -0.15) is 0 Å². The Morgan fingerprint density at radius 1 is 1.38 bits per heavy atom. The van der Waals surface area contributed by atoms with Crippen molar-refractivity contribution in [2.24, 2.45) is 22.6 Å². The van der Waals surface area contributed by atoms with Crippen LogP contribution in [0.15, 0.2) is 16.8 Å². The summed E-state index contributed by atoms with van der Waals surface area (Å²) < 4.78 is 0. The average Bonchev–Trinajstić information content (AvgIpc) is 2.35. The number of rotatable bonds is 1. The number of nitrogens with one attached hydrogen (secondary N) is 1. The summed E-state index contributed by atoms with van der Waals surface area (Å²) in [5, 5.41) is 3.34. The van der Waals surface area contributed by atoms with Gasteiger partial charge in [0.1, 0.15) is 5.70 Å². The van der Waals surface area contributed by atoms with Crippen molar-refractivity contribution < 1.29 is 4.79 Å². The van der Waals surface area contributed by atoms with E-state index in [1.165, 1.54) is 25.7 Å². The lowest BCUT2D eigenvalue weighted by atomic mass is 9.82. The minimum atomic E-state index is -0.438. The van der Waals surface area contributed by atoms with Crippen LogP contribution in [0, 0.1) is 11.8 Å². The third-order valence-corrected chi connectivity index (χ3v) is 3.44. The maximum atomic E-state index is 11.1. The molecule has 2 heterocycles. The maximum Gasteiger partial charge on any atom is 0.266 e. The molecule has 16 heavy (non-hydrogen) atoms. The van der Waals surface area contributed by atoms with E-state index in [2.05, 4.69) is 10.3 Å². The lowest BCUT2D eigenvalue weighted by Crippen LogP contribution is -2.26. The van der Waals surface area contributed by atoms with Gasteiger partial charge in [-0.15, -0.1) is 0 Å². The number of hydrogen-bond donors (Lipinski definition) is 2. The van der Waals surface area contributed by atoms with Crippen molar-refractivity contribution in [1.82, 2.24) is 5.32 Å². The van der Waals surface area contributed by atoms with E-state index >= 15 is 0 Å². The third kappa shape index (κ3) is 2.92. The normalized spacial score (nSPS) is 30.6. The Kier molecular flexibility index (Phi) is 3.72. The summed E-state index contributed by atoms with van der Waals surface area (Å²) in [6, 6.07) is 0. The summed E-state index contributed by atoms with van der Waals surface area (Å²) in [5.41, 5.74) is 5.65. The second-order valence-corrected chi connectivity index (χ2v) is 4.67. The highest BCUT2D eigenvalue weighted by Gasteiger charge is 2.20. The zero-order valence-electron chi connectivity index (χ0n) is 9.48. The molecule has 4 nitrogen and oxygen atoms in total. The fourth-order valence-electron chi connectivity index (χ4n) is 2.40. The first kappa shape index (κ1) is 11.3. The fraction of sp³-hybridized carbons (Fsp3) is 0.667. The molecule has 4 heteroatoms. The largest absolute Gasteiger partial charge is 0.364 e. The molecule has 0 spiro atoms. The first-order valence-electron chi connectivity index (χ1n) is 6.00. The van der Waals surface area contributed by atoms with E-state index in [1.54, 1.807) is 6.08 Å². The van der Waals surface area contributed by atoms with Crippen LogP contribution in [0.4, 0.5) is 0 Å². The molecule has 0 atom stereocenters. The molecule has 1 saturated carbocycles. The molecule has 0 saturated heterocycles. The molecule has 88 valence electrons. The quantitative estimate of drug-likeness (QED) is 0.689. The number of amides is 1. The van der Waals surface area contributed by atoms with Gasteiger partial charge < -0.3 is 11.1 Å². The Balaban J connectivity index is 2.11. The molecule has 0 aromatic carbocycles. The molecule has 0 unspecified atom stereocenters. The molecular formula is C12H19N3O. The van der Waals surface area contributed by atoms with E-state index in [-0.39, 0.29) is 0 Å². The molecule has 1 aliphatic carbocycles. The van der Waals surface area contributed by atoms with Crippen LogP contribution in [-0.4, -0.2) is 25.2 Å². The molecule has 1 fully saturated rings. The van der Waals surface area contributed by atoms with Crippen LogP contribution in [-0.2, 0) is 4.79 Å². The number of nitrogens with two attached hydrogens (primary N) is 1. The predicted molar refractivity (Wildman–Crippen MR) is 64.1 cm³/mol. The monoisotopic (exact) mass is 221 g/mol. The number of aliphatic imine (C=N–C) groups is 1. The number of fused-ring (bicyclic) bond motifs is 6. The van der Waals surface area contributed by atoms with Gasteiger partial charge in [-0.05, 0) is 50.1 Å². The van der Waals surface area contributed by atoms with Crippen molar-refractivity contribution in [2.45, 2.75) is 25.7 Å². The molecule has 0 aromatic rings. The maximum absolute atomic E-state index is 11.1. The summed E-state index contributed by atoms with van der Waals surface area (Å²) in [4.78, 5) is 15.3. The Morgan fingerprint density at radius 2 is 2.12 bits per heavy atom. The van der Waals surface area contributed by atoms with Crippen LogP contribution in [0.2, 0.25) is 0 Å². The van der Waals surface area contributed by atoms with Gasteiger partial charge in [0.15, 0.2) is 0 Å². The minimum Gasteiger partial charge on any atom is -0.364 e. The van der Waals surface area contributed by atoms with Crippen molar-refractivity contribution in [2.75, 3.05) is 13.1 Å². The molecule has 3 rings (SSSR count). The lowest BCUT2D eigenvalue weighted by molar-refractivity contribution is -0.114. The van der Waals surface area contributed by atoms with Crippen molar-refractivity contribution in [1.29, 1.82) is 0 Å². The highest BCUT2D eigenvalue weighted by Crippen LogP contribution is 2.27. The summed E-state index contributed by atoms with van der Waals surface area (Å²) in [6.45, 7) is 1.71. The van der Waals surface area contributed by atoms with Gasteiger partial charge >= 0.3 is 0 Å². The smallest absolute Gasteiger partial charge is 0.266 e. The molecule has 1 amide bonds. The number of carbonyl (C=O) groups excluding carboxylic acids is 1. The van der Waals surface area contributed by atoms with Crippen LogP contribution in [0.1, 0.15) is 25.7 Å². The molecule has 0 aromatic heterocycles. The summed E-state index contributed by atoms with van der Waals surface area (Å²) in [7, 11) is 0. The molecule has 3 N–H and O–H groups in total. The Labute approximate surface area is 96.0 Å². The second kappa shape index (κ2) is 5.25. The van der Waals surface area contributed by atoms with E-state index in [9.17, 15) is 4.79 Å². The van der Waals surface area contributed by atoms with E-state index < -0.39 is 5.91 Å². The summed E-state index contributed by atoms with van der Waals surface area (Å²) >= 11 is 0. The molecule has 3 aliphatic rings. The Bertz CT molecular complexity index is 314. The van der Waals surface area contributed by atoms with Gasteiger partial charge in [-0.1, -0.05) is 0 Å². The minimum absolute atomic E-state index is 0.387. The SMILES string of the molecule is NC(=O)C1=CCNCC2CCC(C=N1)CC2. The first-order valence-corrected chi connectivity index (χ1v) is 6.00. The van der Waals surface area contributed by atoms with Crippen LogP contribution >= 0.6 is 0 Å². The van der Waals surface area contributed by atoms with Gasteiger partial charge in [0, 0.05) is 12.8 Å². The second-order valence-electron chi connectivity index (χ2n) is 4.67. The summed E-state index contributed by atoms with van der Waals surface area (Å²) in [6.07, 6.45) is 8.58. The van der Waals surface area contributed by atoms with Crippen LogP contribution in [0.25, 0.3) is 0 Å². The molecule has 0 radical (unpaired) electrons. The number of hydrogen-bond acceptors (Lipinski definition) is 3. The third-order valence-electron chi connectivity index (χ3n) is 3.44. The van der Waals surface area contributed by atoms with Crippen molar-refractivity contribution in [3.8, 4) is 0 Å². The van der Waals surface area contributed by atoms with Gasteiger partial charge in [0.25, 0.3) is 5.91 Å². The predicted octanol–water partition coefficient (Wildman–Crippen LogP) is 0.836. The molecular weight excluding hydrogens is 202 g/mol. The Hall–Kier alpha value is -1.16. The van der Waals surface area contributed by atoms with E-state index in [0.29, 0.717) is 18.2 Å². The zero-order valence-corrected chi connectivity index (χ0v) is 9.48. The van der Waals surface area contributed by atoms with Crippen molar-refractivity contribution in [3.63, 3.8) is 0 Å². The van der Waals surface area contributed by atoms with E-state index in [4.69, 9.17) is 5.73 Å². The standard InChI is InChI=1S/C12H19N3O/c13-12(16)11-5-6-14-7-9-1-3-10(4-2-9)8-15-11/h5,8-10,14H,1-4,6-7H2,(H2,13,16). The molecule has 2 aliphatic heterocycles. The lowest BCUT2D eigenvalue weighted by Gasteiger charge is -2.25. The number of nitrogens with zero attached hydrogens (tertiary/aromatic N) is 1. The fourth-order valence-corrected chi connectivity index (χ4v) is 2.40. The van der Waals surface area contributed by atoms with Crippen molar-refractivity contribution >= 4 is 12.1 Å². The first-order chi connectivity index (χ1) is 7.75. The highest BCUT2D eigenvalue weighted by atomic mass is 16.1. The number of primary amides is 1.